The molecule has 0 fully saturated rings. The quantitative estimate of drug-likeness (QED) is 0.161. The highest BCUT2D eigenvalue weighted by molar-refractivity contribution is 9.10. The summed E-state index contributed by atoms with van der Waals surface area (Å²) >= 11 is 3.56. The van der Waals surface area contributed by atoms with Crippen molar-refractivity contribution in [2.75, 3.05) is 0 Å². The molecule has 0 unspecified atom stereocenters. The first-order valence-electron chi connectivity index (χ1n) is 13.9. The fourth-order valence-electron chi connectivity index (χ4n) is 5.40. The van der Waals surface area contributed by atoms with Crippen LogP contribution in [0.1, 0.15) is 90.9 Å². The Kier molecular flexibility index (Phi) is 9.17. The van der Waals surface area contributed by atoms with Gasteiger partial charge >= 0.3 is 0 Å². The van der Waals surface area contributed by atoms with Crippen LogP contribution in [0.15, 0.2) is 41.8 Å². The number of halogens is 1. The van der Waals surface area contributed by atoms with Gasteiger partial charge in [0.2, 0.25) is 0 Å². The van der Waals surface area contributed by atoms with Gasteiger partial charge in [-0.1, -0.05) is 78.1 Å². The number of hydrogen-bond donors (Lipinski definition) is 0. The van der Waals surface area contributed by atoms with Crippen LogP contribution in [0.5, 0.6) is 0 Å². The van der Waals surface area contributed by atoms with E-state index in [1.165, 1.54) is 47.7 Å². The van der Waals surface area contributed by atoms with Crippen LogP contribution in [0.2, 0.25) is 0 Å². The molecule has 7 heteroatoms. The molecule has 6 nitrogen and oxygen atoms in total. The Labute approximate surface area is 225 Å². The number of aromatic nitrogens is 2. The molecule has 2 heterocycles. The average Bonchev–Trinajstić information content (AvgIpc) is 3.26. The van der Waals surface area contributed by atoms with E-state index >= 15 is 0 Å². The summed E-state index contributed by atoms with van der Waals surface area (Å²) in [6.07, 6.45) is 12.9. The third kappa shape index (κ3) is 5.52. The SMILES string of the molecule is CCCCCCCCn1c(=O)c2cc3cc4c(=O)n(CCCCCCCC)c(=O)c4c(Br)c3cc2c1=O. The Morgan fingerprint density at radius 1 is 0.541 bits per heavy atom. The van der Waals surface area contributed by atoms with E-state index in [4.69, 9.17) is 0 Å². The maximum Gasteiger partial charge on any atom is 0.262 e. The van der Waals surface area contributed by atoms with Crippen LogP contribution in [0.4, 0.5) is 0 Å². The molecule has 0 atom stereocenters. The number of hydrogen-bond acceptors (Lipinski definition) is 4. The van der Waals surface area contributed by atoms with Gasteiger partial charge in [-0.15, -0.1) is 0 Å². The van der Waals surface area contributed by atoms with E-state index in [-0.39, 0.29) is 22.2 Å². The second-order valence-electron chi connectivity index (χ2n) is 10.3. The molecule has 4 rings (SSSR count). The first kappa shape index (κ1) is 27.5. The molecule has 0 saturated heterocycles. The van der Waals surface area contributed by atoms with Crippen LogP contribution in [-0.4, -0.2) is 9.13 Å². The first-order valence-corrected chi connectivity index (χ1v) is 14.7. The summed E-state index contributed by atoms with van der Waals surface area (Å²) in [5, 5.41) is 2.79. The number of unbranched alkanes of at least 4 members (excludes halogenated alkanes) is 10. The minimum Gasteiger partial charge on any atom is -0.274 e. The van der Waals surface area contributed by atoms with E-state index in [1.54, 1.807) is 18.2 Å². The Hall–Kier alpha value is -2.54. The van der Waals surface area contributed by atoms with Crippen molar-refractivity contribution in [1.29, 1.82) is 0 Å². The predicted octanol–water partition coefficient (Wildman–Crippen LogP) is 6.55. The molecule has 0 N–H and O–H groups in total. The number of rotatable bonds is 14. The standard InChI is InChI=1S/C30H37BrN2O4/c1-3-5-7-9-11-13-15-32-27(34)22-17-20-18-24-25(26(31)21(20)19-23(22)28(32)35)30(37)33(29(24)36)16-14-12-10-8-6-4-2/h17-19H,3-16H2,1-2H3. The Bertz CT molecular complexity index is 1600. The van der Waals surface area contributed by atoms with E-state index in [0.29, 0.717) is 49.9 Å². The summed E-state index contributed by atoms with van der Waals surface area (Å²) in [6.45, 7) is 5.17. The van der Waals surface area contributed by atoms with Crippen LogP contribution in [0, 0.1) is 0 Å². The highest BCUT2D eigenvalue weighted by Gasteiger charge is 2.20. The van der Waals surface area contributed by atoms with Crippen LogP contribution in [0.25, 0.3) is 32.3 Å². The van der Waals surface area contributed by atoms with Crippen molar-refractivity contribution in [3.63, 3.8) is 0 Å². The Morgan fingerprint density at radius 2 is 0.973 bits per heavy atom. The minimum absolute atomic E-state index is 0.279. The van der Waals surface area contributed by atoms with Crippen molar-refractivity contribution in [3.05, 3.63) is 64.1 Å². The summed E-state index contributed by atoms with van der Waals surface area (Å²) in [5.74, 6) is 0. The maximum absolute atomic E-state index is 13.2. The van der Waals surface area contributed by atoms with Crippen molar-refractivity contribution in [3.8, 4) is 0 Å². The lowest BCUT2D eigenvalue weighted by Gasteiger charge is -2.02. The second-order valence-corrected chi connectivity index (χ2v) is 11.1. The van der Waals surface area contributed by atoms with Crippen LogP contribution in [-0.2, 0) is 13.1 Å². The van der Waals surface area contributed by atoms with Gasteiger partial charge < -0.3 is 0 Å². The lowest BCUT2D eigenvalue weighted by Crippen LogP contribution is -2.25. The third-order valence-electron chi connectivity index (χ3n) is 7.57. The van der Waals surface area contributed by atoms with Gasteiger partial charge in [0, 0.05) is 17.6 Å². The molecular weight excluding hydrogens is 532 g/mol. The zero-order chi connectivity index (χ0) is 26.5. The lowest BCUT2D eigenvalue weighted by atomic mass is 10.0. The average molecular weight is 570 g/mol. The van der Waals surface area contributed by atoms with E-state index in [9.17, 15) is 19.2 Å². The molecule has 0 aliphatic rings. The van der Waals surface area contributed by atoms with Crippen molar-refractivity contribution in [2.45, 2.75) is 104 Å². The van der Waals surface area contributed by atoms with Gasteiger partial charge in [0.05, 0.1) is 21.5 Å². The summed E-state index contributed by atoms with van der Waals surface area (Å²) < 4.78 is 3.19. The molecule has 198 valence electrons. The monoisotopic (exact) mass is 568 g/mol. The van der Waals surface area contributed by atoms with Gasteiger partial charge in [-0.2, -0.15) is 0 Å². The summed E-state index contributed by atoms with van der Waals surface area (Å²) in [7, 11) is 0. The number of nitrogens with zero attached hydrogens (tertiary/aromatic N) is 2. The summed E-state index contributed by atoms with van der Waals surface area (Å²) in [5.41, 5.74) is -1.15. The molecular formula is C30H37BrN2O4. The molecule has 0 saturated carbocycles. The summed E-state index contributed by atoms with van der Waals surface area (Å²) in [6, 6.07) is 5.10. The highest BCUT2D eigenvalue weighted by Crippen LogP contribution is 2.32. The van der Waals surface area contributed by atoms with Crippen molar-refractivity contribution >= 4 is 48.2 Å². The van der Waals surface area contributed by atoms with Gasteiger partial charge in [-0.25, -0.2) is 0 Å². The number of fused-ring (bicyclic) bond motifs is 3. The zero-order valence-corrected chi connectivity index (χ0v) is 23.6. The predicted molar refractivity (Wildman–Crippen MR) is 157 cm³/mol. The van der Waals surface area contributed by atoms with E-state index < -0.39 is 0 Å². The molecule has 0 aliphatic heterocycles. The van der Waals surface area contributed by atoms with Crippen molar-refractivity contribution in [1.82, 2.24) is 9.13 Å². The normalized spacial score (nSPS) is 12.0. The minimum atomic E-state index is -0.296. The molecule has 0 spiro atoms. The topological polar surface area (TPSA) is 78.1 Å². The molecule has 0 aliphatic carbocycles. The van der Waals surface area contributed by atoms with Gasteiger partial charge in [0.15, 0.2) is 0 Å². The maximum atomic E-state index is 13.2. The molecule has 37 heavy (non-hydrogen) atoms. The number of benzene rings is 2. The zero-order valence-electron chi connectivity index (χ0n) is 22.0. The molecule has 0 amide bonds. The lowest BCUT2D eigenvalue weighted by molar-refractivity contribution is 0.547. The fourth-order valence-corrected chi connectivity index (χ4v) is 6.13. The highest BCUT2D eigenvalue weighted by atomic mass is 79.9. The van der Waals surface area contributed by atoms with Gasteiger partial charge in [-0.05, 0) is 57.7 Å². The van der Waals surface area contributed by atoms with Gasteiger partial charge in [0.25, 0.3) is 22.2 Å². The van der Waals surface area contributed by atoms with E-state index in [2.05, 4.69) is 29.8 Å². The second kappa shape index (κ2) is 12.3. The largest absolute Gasteiger partial charge is 0.274 e. The van der Waals surface area contributed by atoms with E-state index in [0.717, 1.165) is 38.5 Å². The third-order valence-corrected chi connectivity index (χ3v) is 8.39. The Balaban J connectivity index is 1.66. The van der Waals surface area contributed by atoms with Gasteiger partial charge in [0.1, 0.15) is 0 Å². The van der Waals surface area contributed by atoms with Crippen molar-refractivity contribution in [2.24, 2.45) is 0 Å². The molecule has 0 bridgehead atoms. The fraction of sp³-hybridized carbons (Fsp3) is 0.533. The van der Waals surface area contributed by atoms with E-state index in [1.807, 2.05) is 0 Å². The Morgan fingerprint density at radius 3 is 1.54 bits per heavy atom. The molecule has 2 aromatic heterocycles. The first-order chi connectivity index (χ1) is 17.9. The van der Waals surface area contributed by atoms with Crippen LogP contribution >= 0.6 is 15.9 Å². The van der Waals surface area contributed by atoms with Crippen LogP contribution in [0.3, 0.4) is 0 Å². The van der Waals surface area contributed by atoms with Crippen molar-refractivity contribution < 1.29 is 0 Å². The molecule has 2 aromatic carbocycles. The molecule has 4 aromatic rings. The summed E-state index contributed by atoms with van der Waals surface area (Å²) in [4.78, 5) is 52.5. The van der Waals surface area contributed by atoms with Crippen LogP contribution < -0.4 is 22.2 Å². The smallest absolute Gasteiger partial charge is 0.262 e. The molecule has 0 radical (unpaired) electrons. The van der Waals surface area contributed by atoms with Gasteiger partial charge in [-0.3, -0.25) is 28.3 Å².